The van der Waals surface area contributed by atoms with Gasteiger partial charge in [-0.05, 0) is 6.92 Å². The third kappa shape index (κ3) is 17.8. The Kier molecular flexibility index (Phi) is 34.8. The van der Waals surface area contributed by atoms with Crippen molar-refractivity contribution in [3.05, 3.63) is 38.9 Å². The van der Waals surface area contributed by atoms with Gasteiger partial charge in [-0.3, -0.25) is 0 Å². The molecule has 1 aromatic rings. The Morgan fingerprint density at radius 3 is 1.45 bits per heavy atom. The fraction of sp³-hybridized carbons (Fsp3) is 0.579. The predicted molar refractivity (Wildman–Crippen MR) is 120 cm³/mol. The van der Waals surface area contributed by atoms with E-state index in [0.29, 0.717) is 23.0 Å². The Morgan fingerprint density at radius 1 is 0.879 bits per heavy atom. The molecule has 14 heteroatoms. The van der Waals surface area contributed by atoms with Gasteiger partial charge in [0.1, 0.15) is 0 Å². The van der Waals surface area contributed by atoms with E-state index in [2.05, 4.69) is 72.5 Å². The molecule has 0 spiro atoms. The second kappa shape index (κ2) is 25.4. The van der Waals surface area contributed by atoms with Crippen LogP contribution in [0.4, 0.5) is 5.82 Å². The zero-order valence-corrected chi connectivity index (χ0v) is 26.2. The van der Waals surface area contributed by atoms with Crippen LogP contribution in [0.15, 0.2) is 0 Å². The number of anilines is 1. The van der Waals surface area contributed by atoms with Gasteiger partial charge in [0.15, 0.2) is 11.5 Å². The minimum atomic E-state index is -1.43. The van der Waals surface area contributed by atoms with Crippen LogP contribution in [0.25, 0.3) is 0 Å². The molecule has 0 N–H and O–H groups in total. The Balaban J connectivity index is -0.000000146. The molecule has 1 rings (SSSR count). The zero-order valence-electron chi connectivity index (χ0n) is 20.3. The molecule has 0 aliphatic rings. The number of esters is 1. The van der Waals surface area contributed by atoms with E-state index >= 15 is 0 Å². The second-order valence-electron chi connectivity index (χ2n) is 7.94. The van der Waals surface area contributed by atoms with Crippen LogP contribution in [0.2, 0.25) is 39.3 Å². The molecule has 182 valence electrons. The Bertz CT molecular complexity index is 701. The van der Waals surface area contributed by atoms with Gasteiger partial charge >= 0.3 is 62.5 Å². The fourth-order valence-electron chi connectivity index (χ4n) is 3.05. The van der Waals surface area contributed by atoms with Crippen LogP contribution in [0, 0.1) is 33.3 Å². The molecule has 0 aromatic carbocycles. The molecule has 0 fully saturated rings. The van der Waals surface area contributed by atoms with Crippen molar-refractivity contribution >= 4 is 35.8 Å². The summed E-state index contributed by atoms with van der Waals surface area (Å²) < 4.78 is 52.3. The summed E-state index contributed by atoms with van der Waals surface area (Å²) in [5, 5.41) is 0. The molecule has 33 heavy (non-hydrogen) atoms. The van der Waals surface area contributed by atoms with Crippen molar-refractivity contribution in [2.45, 2.75) is 51.1 Å². The number of aromatic nitrogens is 2. The first-order valence-corrected chi connectivity index (χ1v) is 17.2. The maximum atomic E-state index is 12.2. The van der Waals surface area contributed by atoms with Gasteiger partial charge in [-0.15, -0.1) is 0 Å². The quantitative estimate of drug-likeness (QED) is 0.193. The van der Waals surface area contributed by atoms with E-state index in [4.69, 9.17) is 37.5 Å². The summed E-state index contributed by atoms with van der Waals surface area (Å²) in [6.45, 7) is 39.0. The van der Waals surface area contributed by atoms with E-state index in [-0.39, 0.29) is 27.0 Å². The third-order valence-corrected chi connectivity index (χ3v) is 19.1. The average molecular weight is 683 g/mol. The van der Waals surface area contributed by atoms with E-state index in [1.165, 1.54) is 0 Å². The maximum absolute atomic E-state index is 12.2. The number of carbonyl (C=O) groups excluding carboxylic acids is 1. The number of carbonyl (C=O) groups is 1. The van der Waals surface area contributed by atoms with Gasteiger partial charge in [-0.2, -0.15) is 4.75 Å². The topological polar surface area (TPSA) is 155 Å². The van der Waals surface area contributed by atoms with Crippen molar-refractivity contribution < 1.29 is 53.9 Å². The summed E-state index contributed by atoms with van der Waals surface area (Å²) in [5.41, 5.74) is 0.416. The Labute approximate surface area is 214 Å². The molecular formula is C19H30N3O7PSi2W. The van der Waals surface area contributed by atoms with Gasteiger partial charge in [0.2, 0.25) is 0 Å². The second-order valence-corrected chi connectivity index (χ2v) is 21.7. The van der Waals surface area contributed by atoms with Gasteiger partial charge in [0.05, 0.1) is 30.6 Å². The van der Waals surface area contributed by atoms with Gasteiger partial charge < -0.3 is 9.64 Å². The minimum absolute atomic E-state index is 0. The largest absolute Gasteiger partial charge is 0 e. The van der Waals surface area contributed by atoms with Crippen molar-refractivity contribution in [2.24, 2.45) is 0 Å². The molecule has 1 aromatic heterocycles. The van der Waals surface area contributed by atoms with Crippen LogP contribution < -0.4 is 4.90 Å². The SMILES string of the molecule is CCOC(=O)c1np(C([Si](C)(C)C)[Si](C)(C)C)nc1N(C)C.[C-]#[O+].[C-]#[O+].[C-]#[O+].[C-]#[O+].[C-]#[O+].[W]. The van der Waals surface area contributed by atoms with Crippen molar-refractivity contribution in [1.29, 1.82) is 0 Å². The molecule has 1 unspecified atom stereocenters. The molecule has 1 atom stereocenters. The first-order valence-electron chi connectivity index (χ1n) is 8.73. The molecule has 10 nitrogen and oxygen atoms in total. The average Bonchev–Trinajstić information content (AvgIpc) is 3.18. The summed E-state index contributed by atoms with van der Waals surface area (Å²) in [6.07, 6.45) is 0. The smallest absolute Gasteiger partial charge is 0 e. The molecule has 0 saturated carbocycles. The first kappa shape index (κ1) is 45.3. The minimum Gasteiger partial charge on any atom is 0 e. The summed E-state index contributed by atoms with van der Waals surface area (Å²) >= 11 is 0. The van der Waals surface area contributed by atoms with Gasteiger partial charge in [0.25, 0.3) is 0 Å². The summed E-state index contributed by atoms with van der Waals surface area (Å²) in [4.78, 5) is 14.6. The van der Waals surface area contributed by atoms with Crippen LogP contribution in [-0.4, -0.2) is 52.3 Å². The number of hydrogen-bond donors (Lipinski definition) is 0. The normalized spacial score (nSPS) is 9.27. The van der Waals surface area contributed by atoms with Crippen molar-refractivity contribution in [2.75, 3.05) is 25.6 Å². The van der Waals surface area contributed by atoms with Gasteiger partial charge in [0, 0.05) is 40.1 Å². The zero-order chi connectivity index (χ0) is 27.3. The summed E-state index contributed by atoms with van der Waals surface area (Å²) in [7, 11) is 0.0752. The molecule has 1 heterocycles. The summed E-state index contributed by atoms with van der Waals surface area (Å²) in [6, 6.07) is 0. The van der Waals surface area contributed by atoms with Crippen molar-refractivity contribution in [3.63, 3.8) is 0 Å². The van der Waals surface area contributed by atoms with E-state index in [9.17, 15) is 4.79 Å². The molecule has 0 aliphatic carbocycles. The van der Waals surface area contributed by atoms with Crippen LogP contribution in [-0.2, 0) is 49.1 Å². The standard InChI is InChI=1S/C14H30N3O2PSi2.5CO.W/c1-10-19-13(18)11-12(17(2)3)16-20(15-11)14(21(4,5)6)22(7,8)9;5*1-2;/h14H,10H2,1-9H3;;;;;;. The van der Waals surface area contributed by atoms with Crippen molar-refractivity contribution in [1.82, 2.24) is 9.49 Å². The van der Waals surface area contributed by atoms with E-state index < -0.39 is 24.0 Å². The van der Waals surface area contributed by atoms with Gasteiger partial charge in [-0.1, -0.05) is 39.3 Å². The van der Waals surface area contributed by atoms with E-state index in [0.717, 1.165) is 0 Å². The first-order chi connectivity index (χ1) is 14.9. The number of hydrogen-bond acceptors (Lipinski definition) is 5. The molecular weight excluding hydrogens is 653 g/mol. The fourth-order valence-corrected chi connectivity index (χ4v) is 20.8. The monoisotopic (exact) mass is 683 g/mol. The molecule has 0 bridgehead atoms. The van der Waals surface area contributed by atoms with Crippen LogP contribution in [0.3, 0.4) is 0 Å². The third-order valence-electron chi connectivity index (χ3n) is 3.38. The summed E-state index contributed by atoms with van der Waals surface area (Å²) in [5.74, 6) is 0.343. The number of ether oxygens (including phenoxy) is 1. The number of nitrogens with zero attached hydrogens (tertiary/aromatic N) is 3. The molecule has 0 radical (unpaired) electrons. The molecule has 0 amide bonds. The van der Waals surface area contributed by atoms with E-state index in [1.54, 1.807) is 0 Å². The van der Waals surface area contributed by atoms with Crippen LogP contribution in [0.1, 0.15) is 22.3 Å². The van der Waals surface area contributed by atoms with Gasteiger partial charge in [-0.25, -0.2) is 9.54 Å². The Hall–Kier alpha value is -1.27. The molecule has 0 aliphatic heterocycles. The maximum Gasteiger partial charge on any atom is 0 e. The van der Waals surface area contributed by atoms with Crippen molar-refractivity contribution in [3.8, 4) is 0 Å². The van der Waals surface area contributed by atoms with E-state index in [1.807, 2.05) is 25.9 Å². The van der Waals surface area contributed by atoms with Crippen LogP contribution >= 0.6 is 7.85 Å². The number of rotatable bonds is 6. The van der Waals surface area contributed by atoms with Crippen LogP contribution in [0.5, 0.6) is 0 Å². The Morgan fingerprint density at radius 2 is 1.21 bits per heavy atom. The predicted octanol–water partition coefficient (Wildman–Crippen LogP) is 3.81. The molecule has 0 saturated heterocycles.